The van der Waals surface area contributed by atoms with Crippen molar-refractivity contribution in [2.45, 2.75) is 12.8 Å². The standard InChI is InChI=1S/C18H14Cl2N2O2/c19-13-7-12(8-14(20)10-13)17-21-15-4-3-11(9-16(15)24-17)18(23)22-5-1-2-6-22/h3-4,7-10H,1-2,5-6H2. The minimum atomic E-state index is 0.0400. The monoisotopic (exact) mass is 360 g/mol. The molecule has 1 saturated heterocycles. The molecule has 2 heterocycles. The molecule has 3 aromatic rings. The topological polar surface area (TPSA) is 46.3 Å². The summed E-state index contributed by atoms with van der Waals surface area (Å²) in [5, 5.41) is 1.04. The Balaban J connectivity index is 1.71. The van der Waals surface area contributed by atoms with Crippen LogP contribution in [0.25, 0.3) is 22.6 Å². The van der Waals surface area contributed by atoms with Crippen LogP contribution in [0.4, 0.5) is 0 Å². The van der Waals surface area contributed by atoms with Gasteiger partial charge >= 0.3 is 0 Å². The lowest BCUT2D eigenvalue weighted by atomic mass is 10.2. The van der Waals surface area contributed by atoms with Gasteiger partial charge in [0.2, 0.25) is 5.89 Å². The van der Waals surface area contributed by atoms with Gasteiger partial charge in [-0.1, -0.05) is 23.2 Å². The predicted octanol–water partition coefficient (Wildman–Crippen LogP) is 5.04. The smallest absolute Gasteiger partial charge is 0.253 e. The highest BCUT2D eigenvalue weighted by Crippen LogP contribution is 2.30. The van der Waals surface area contributed by atoms with Gasteiger partial charge in [0.1, 0.15) is 5.52 Å². The largest absolute Gasteiger partial charge is 0.436 e. The Kier molecular flexibility index (Phi) is 3.94. The van der Waals surface area contributed by atoms with E-state index in [4.69, 9.17) is 27.6 Å². The van der Waals surface area contributed by atoms with Crippen molar-refractivity contribution in [1.82, 2.24) is 9.88 Å². The molecule has 0 saturated carbocycles. The molecule has 122 valence electrons. The van der Waals surface area contributed by atoms with Crippen molar-refractivity contribution >= 4 is 40.2 Å². The second-order valence-corrected chi connectivity index (χ2v) is 6.73. The Morgan fingerprint density at radius 2 is 1.75 bits per heavy atom. The van der Waals surface area contributed by atoms with Gasteiger partial charge in [0.05, 0.1) is 0 Å². The third-order valence-electron chi connectivity index (χ3n) is 4.14. The van der Waals surface area contributed by atoms with E-state index in [0.717, 1.165) is 25.9 Å². The van der Waals surface area contributed by atoms with Crippen LogP contribution in [0.15, 0.2) is 40.8 Å². The summed E-state index contributed by atoms with van der Waals surface area (Å²) in [6.07, 6.45) is 2.13. The van der Waals surface area contributed by atoms with E-state index in [2.05, 4.69) is 4.98 Å². The maximum Gasteiger partial charge on any atom is 0.253 e. The molecule has 2 aromatic carbocycles. The number of hydrogen-bond acceptors (Lipinski definition) is 3. The van der Waals surface area contributed by atoms with Gasteiger partial charge < -0.3 is 9.32 Å². The minimum Gasteiger partial charge on any atom is -0.436 e. The number of hydrogen-bond donors (Lipinski definition) is 0. The summed E-state index contributed by atoms with van der Waals surface area (Å²) in [5.41, 5.74) is 2.59. The van der Waals surface area contributed by atoms with E-state index in [9.17, 15) is 4.79 Å². The highest BCUT2D eigenvalue weighted by atomic mass is 35.5. The molecule has 1 fully saturated rings. The average molecular weight is 361 g/mol. The van der Waals surface area contributed by atoms with Crippen molar-refractivity contribution in [3.05, 3.63) is 52.0 Å². The van der Waals surface area contributed by atoms with Gasteiger partial charge in [-0.25, -0.2) is 4.98 Å². The van der Waals surface area contributed by atoms with Crippen molar-refractivity contribution in [2.24, 2.45) is 0 Å². The number of amides is 1. The van der Waals surface area contributed by atoms with E-state index >= 15 is 0 Å². The van der Waals surface area contributed by atoms with E-state index in [1.54, 1.807) is 36.4 Å². The Labute approximate surface area is 149 Å². The minimum absolute atomic E-state index is 0.0400. The molecule has 4 rings (SSSR count). The molecule has 1 aliphatic rings. The number of carbonyl (C=O) groups excluding carboxylic acids is 1. The third-order valence-corrected chi connectivity index (χ3v) is 4.57. The molecule has 0 radical (unpaired) electrons. The Bertz CT molecular complexity index is 910. The zero-order chi connectivity index (χ0) is 16.7. The van der Waals surface area contributed by atoms with Crippen LogP contribution >= 0.6 is 23.2 Å². The molecule has 0 spiro atoms. The molecule has 0 atom stereocenters. The van der Waals surface area contributed by atoms with E-state index in [1.165, 1.54) is 0 Å². The molecule has 1 aromatic heterocycles. The molecule has 4 nitrogen and oxygen atoms in total. The number of likely N-dealkylation sites (tertiary alicyclic amines) is 1. The van der Waals surface area contributed by atoms with E-state index in [0.29, 0.717) is 38.2 Å². The number of fused-ring (bicyclic) bond motifs is 1. The van der Waals surface area contributed by atoms with Crippen molar-refractivity contribution in [3.63, 3.8) is 0 Å². The summed E-state index contributed by atoms with van der Waals surface area (Å²) in [7, 11) is 0. The van der Waals surface area contributed by atoms with Crippen molar-refractivity contribution < 1.29 is 9.21 Å². The lowest BCUT2D eigenvalue weighted by Crippen LogP contribution is -2.27. The Hall–Kier alpha value is -2.04. The zero-order valence-electron chi connectivity index (χ0n) is 12.8. The molecule has 0 N–H and O–H groups in total. The predicted molar refractivity (Wildman–Crippen MR) is 94.6 cm³/mol. The van der Waals surface area contributed by atoms with Gasteiger partial charge in [-0.05, 0) is 49.2 Å². The fourth-order valence-electron chi connectivity index (χ4n) is 2.96. The second-order valence-electron chi connectivity index (χ2n) is 5.86. The Morgan fingerprint density at radius 3 is 2.46 bits per heavy atom. The summed E-state index contributed by atoms with van der Waals surface area (Å²) in [6.45, 7) is 1.64. The fraction of sp³-hybridized carbons (Fsp3) is 0.222. The van der Waals surface area contributed by atoms with Crippen LogP contribution in [0.2, 0.25) is 10.0 Å². The van der Waals surface area contributed by atoms with Gasteiger partial charge in [-0.3, -0.25) is 4.79 Å². The summed E-state index contributed by atoms with van der Waals surface area (Å²) in [4.78, 5) is 18.8. The zero-order valence-corrected chi connectivity index (χ0v) is 14.3. The van der Waals surface area contributed by atoms with Gasteiger partial charge in [-0.2, -0.15) is 0 Å². The molecular formula is C18H14Cl2N2O2. The van der Waals surface area contributed by atoms with Gasteiger partial charge in [0.25, 0.3) is 5.91 Å². The van der Waals surface area contributed by atoms with E-state index < -0.39 is 0 Å². The van der Waals surface area contributed by atoms with Crippen molar-refractivity contribution in [3.8, 4) is 11.5 Å². The molecule has 0 aliphatic carbocycles. The van der Waals surface area contributed by atoms with Crippen LogP contribution in [-0.4, -0.2) is 28.9 Å². The van der Waals surface area contributed by atoms with Crippen LogP contribution in [0.1, 0.15) is 23.2 Å². The van der Waals surface area contributed by atoms with Crippen LogP contribution in [0, 0.1) is 0 Å². The molecule has 0 unspecified atom stereocenters. The second kappa shape index (κ2) is 6.11. The molecule has 6 heteroatoms. The summed E-state index contributed by atoms with van der Waals surface area (Å²) < 4.78 is 5.82. The van der Waals surface area contributed by atoms with Crippen molar-refractivity contribution in [1.29, 1.82) is 0 Å². The van der Waals surface area contributed by atoms with Crippen LogP contribution in [-0.2, 0) is 0 Å². The highest BCUT2D eigenvalue weighted by molar-refractivity contribution is 6.35. The SMILES string of the molecule is O=C(c1ccc2nc(-c3cc(Cl)cc(Cl)c3)oc2c1)N1CCCC1. The van der Waals surface area contributed by atoms with E-state index in [-0.39, 0.29) is 5.91 Å². The quantitative estimate of drug-likeness (QED) is 0.643. The molecule has 0 bridgehead atoms. The normalized spacial score (nSPS) is 14.5. The number of benzene rings is 2. The molecule has 1 aliphatic heterocycles. The van der Waals surface area contributed by atoms with Crippen molar-refractivity contribution in [2.75, 3.05) is 13.1 Å². The summed E-state index contributed by atoms with van der Waals surface area (Å²) in [5.74, 6) is 0.471. The van der Waals surface area contributed by atoms with Crippen LogP contribution in [0.3, 0.4) is 0 Å². The molecule has 1 amide bonds. The fourth-order valence-corrected chi connectivity index (χ4v) is 3.49. The first-order valence-corrected chi connectivity index (χ1v) is 8.52. The van der Waals surface area contributed by atoms with E-state index in [1.807, 2.05) is 4.90 Å². The number of carbonyl (C=O) groups is 1. The summed E-state index contributed by atoms with van der Waals surface area (Å²) in [6, 6.07) is 10.5. The first kappa shape index (κ1) is 15.5. The average Bonchev–Trinajstić information content (AvgIpc) is 3.22. The third kappa shape index (κ3) is 2.87. The van der Waals surface area contributed by atoms with Crippen LogP contribution in [0.5, 0.6) is 0 Å². The number of nitrogens with zero attached hydrogens (tertiary/aromatic N) is 2. The van der Waals surface area contributed by atoms with Crippen LogP contribution < -0.4 is 0 Å². The summed E-state index contributed by atoms with van der Waals surface area (Å²) >= 11 is 12.1. The maximum absolute atomic E-state index is 12.5. The number of halogens is 2. The molecular weight excluding hydrogens is 347 g/mol. The molecule has 24 heavy (non-hydrogen) atoms. The first-order chi connectivity index (χ1) is 11.6. The maximum atomic E-state index is 12.5. The Morgan fingerprint density at radius 1 is 1.04 bits per heavy atom. The van der Waals surface area contributed by atoms with Gasteiger partial charge in [0, 0.05) is 34.3 Å². The lowest BCUT2D eigenvalue weighted by Gasteiger charge is -2.14. The number of oxazole rings is 1. The lowest BCUT2D eigenvalue weighted by molar-refractivity contribution is 0.0793. The van der Waals surface area contributed by atoms with Gasteiger partial charge in [-0.15, -0.1) is 0 Å². The highest BCUT2D eigenvalue weighted by Gasteiger charge is 2.20. The number of aromatic nitrogens is 1. The number of rotatable bonds is 2. The van der Waals surface area contributed by atoms with Gasteiger partial charge in [0.15, 0.2) is 5.58 Å². The first-order valence-electron chi connectivity index (χ1n) is 7.76.